The van der Waals surface area contributed by atoms with Crippen LogP contribution in [-0.4, -0.2) is 49.1 Å². The van der Waals surface area contributed by atoms with Gasteiger partial charge < -0.3 is 19.4 Å². The molecule has 34 heavy (non-hydrogen) atoms. The van der Waals surface area contributed by atoms with Gasteiger partial charge in [0, 0.05) is 55.4 Å². The molecule has 2 aliphatic heterocycles. The SMILES string of the molecule is COc1cccc(N2CCN(C3=Nc4cnccc4[CH]N3c3cccc(C(F)(F)F)c3)CC2)c1. The number of benzene rings is 2. The first-order valence-electron chi connectivity index (χ1n) is 10.9. The van der Waals surface area contributed by atoms with Crippen molar-refractivity contribution in [3.63, 3.8) is 0 Å². The number of nitrogens with zero attached hydrogens (tertiary/aromatic N) is 5. The quantitative estimate of drug-likeness (QED) is 0.547. The fourth-order valence-corrected chi connectivity index (χ4v) is 4.17. The molecule has 1 radical (unpaired) electrons. The van der Waals surface area contributed by atoms with E-state index in [0.29, 0.717) is 30.4 Å². The molecule has 0 atom stereocenters. The molecule has 0 amide bonds. The second kappa shape index (κ2) is 8.89. The van der Waals surface area contributed by atoms with Crippen LogP contribution in [0.25, 0.3) is 0 Å². The molecule has 1 fully saturated rings. The molecular weight excluding hydrogens is 443 g/mol. The molecule has 1 saturated heterocycles. The van der Waals surface area contributed by atoms with Crippen molar-refractivity contribution >= 4 is 23.0 Å². The Morgan fingerprint density at radius 3 is 2.38 bits per heavy atom. The van der Waals surface area contributed by atoms with Crippen LogP contribution in [0.15, 0.2) is 72.0 Å². The Hall–Kier alpha value is -3.75. The third-order valence-electron chi connectivity index (χ3n) is 5.97. The Labute approximate surface area is 195 Å². The Morgan fingerprint density at radius 1 is 0.882 bits per heavy atom. The number of hydrogen-bond acceptors (Lipinski definition) is 6. The van der Waals surface area contributed by atoms with Gasteiger partial charge in [0.2, 0.25) is 5.96 Å². The number of aromatic nitrogens is 1. The molecule has 2 aromatic carbocycles. The highest BCUT2D eigenvalue weighted by Crippen LogP contribution is 2.35. The highest BCUT2D eigenvalue weighted by atomic mass is 19.4. The molecule has 1 aromatic heterocycles. The van der Waals surface area contributed by atoms with Crippen molar-refractivity contribution in [2.45, 2.75) is 6.18 Å². The van der Waals surface area contributed by atoms with Crippen LogP contribution in [0.4, 0.5) is 30.2 Å². The normalized spacial score (nSPS) is 16.2. The van der Waals surface area contributed by atoms with Crippen LogP contribution >= 0.6 is 0 Å². The van der Waals surface area contributed by atoms with Gasteiger partial charge in [0.15, 0.2) is 0 Å². The van der Waals surface area contributed by atoms with Gasteiger partial charge in [-0.25, -0.2) is 4.99 Å². The van der Waals surface area contributed by atoms with Crippen LogP contribution < -0.4 is 14.5 Å². The highest BCUT2D eigenvalue weighted by Gasteiger charge is 2.33. The summed E-state index contributed by atoms with van der Waals surface area (Å²) in [6, 6.07) is 15.0. The lowest BCUT2D eigenvalue weighted by atomic mass is 10.1. The minimum atomic E-state index is -4.42. The van der Waals surface area contributed by atoms with E-state index in [1.807, 2.05) is 30.8 Å². The van der Waals surface area contributed by atoms with Gasteiger partial charge in [-0.15, -0.1) is 0 Å². The molecule has 0 unspecified atom stereocenters. The number of methoxy groups -OCH3 is 1. The van der Waals surface area contributed by atoms with Crippen LogP contribution in [0.1, 0.15) is 11.1 Å². The monoisotopic (exact) mass is 466 g/mol. The highest BCUT2D eigenvalue weighted by molar-refractivity contribution is 6.01. The summed E-state index contributed by atoms with van der Waals surface area (Å²) in [7, 11) is 1.64. The summed E-state index contributed by atoms with van der Waals surface area (Å²) in [4.78, 5) is 15.1. The zero-order valence-electron chi connectivity index (χ0n) is 18.5. The summed E-state index contributed by atoms with van der Waals surface area (Å²) in [6.45, 7) is 4.62. The topological polar surface area (TPSA) is 44.2 Å². The number of fused-ring (bicyclic) bond motifs is 1. The van der Waals surface area contributed by atoms with Gasteiger partial charge in [-0.05, 0) is 36.4 Å². The van der Waals surface area contributed by atoms with Gasteiger partial charge >= 0.3 is 6.18 Å². The maximum Gasteiger partial charge on any atom is 0.416 e. The first-order chi connectivity index (χ1) is 16.4. The van der Waals surface area contributed by atoms with E-state index < -0.39 is 11.7 Å². The van der Waals surface area contributed by atoms with Crippen molar-refractivity contribution in [1.82, 2.24) is 9.88 Å². The van der Waals surface area contributed by atoms with Crippen LogP contribution in [0.5, 0.6) is 5.75 Å². The molecule has 175 valence electrons. The summed E-state index contributed by atoms with van der Waals surface area (Å²) in [5, 5.41) is 0. The Bertz CT molecular complexity index is 1200. The predicted octanol–water partition coefficient (Wildman–Crippen LogP) is 4.95. The van der Waals surface area contributed by atoms with E-state index in [9.17, 15) is 13.2 Å². The van der Waals surface area contributed by atoms with Gasteiger partial charge in [0.25, 0.3) is 0 Å². The van der Waals surface area contributed by atoms with Gasteiger partial charge in [-0.1, -0.05) is 12.1 Å². The molecule has 0 bridgehead atoms. The minimum absolute atomic E-state index is 0.409. The van der Waals surface area contributed by atoms with E-state index >= 15 is 0 Å². The number of piperazine rings is 1. The van der Waals surface area contributed by atoms with E-state index in [0.717, 1.165) is 42.2 Å². The summed E-state index contributed by atoms with van der Waals surface area (Å²) in [5.74, 6) is 1.39. The molecule has 0 N–H and O–H groups in total. The van der Waals surface area contributed by atoms with Crippen molar-refractivity contribution in [2.24, 2.45) is 4.99 Å². The molecule has 0 aliphatic carbocycles. The predicted molar refractivity (Wildman–Crippen MR) is 125 cm³/mol. The average Bonchev–Trinajstić information content (AvgIpc) is 2.87. The maximum absolute atomic E-state index is 13.4. The van der Waals surface area contributed by atoms with Crippen molar-refractivity contribution < 1.29 is 17.9 Å². The van der Waals surface area contributed by atoms with E-state index in [1.54, 1.807) is 36.5 Å². The zero-order valence-corrected chi connectivity index (χ0v) is 18.5. The molecule has 3 heterocycles. The van der Waals surface area contributed by atoms with Gasteiger partial charge in [-0.2, -0.15) is 13.2 Å². The minimum Gasteiger partial charge on any atom is -0.497 e. The fourth-order valence-electron chi connectivity index (χ4n) is 4.17. The average molecular weight is 466 g/mol. The van der Waals surface area contributed by atoms with E-state index in [2.05, 4.69) is 14.8 Å². The summed E-state index contributed by atoms with van der Waals surface area (Å²) in [6.07, 6.45) is -1.11. The fraction of sp³-hybridized carbons (Fsp3) is 0.240. The zero-order chi connectivity index (χ0) is 23.7. The number of guanidine groups is 1. The molecule has 9 heteroatoms. The first-order valence-corrected chi connectivity index (χ1v) is 10.9. The van der Waals surface area contributed by atoms with E-state index in [1.165, 1.54) is 6.07 Å². The largest absolute Gasteiger partial charge is 0.497 e. The molecule has 5 rings (SSSR count). The lowest BCUT2D eigenvalue weighted by Crippen LogP contribution is -2.54. The number of alkyl halides is 3. The van der Waals surface area contributed by atoms with Crippen molar-refractivity contribution in [2.75, 3.05) is 43.1 Å². The molecule has 3 aromatic rings. The van der Waals surface area contributed by atoms with E-state index in [4.69, 9.17) is 9.73 Å². The van der Waals surface area contributed by atoms with Crippen LogP contribution in [0.2, 0.25) is 0 Å². The first kappa shape index (κ1) is 22.1. The Morgan fingerprint density at radius 2 is 1.62 bits per heavy atom. The third-order valence-corrected chi connectivity index (χ3v) is 5.97. The van der Waals surface area contributed by atoms with Crippen LogP contribution in [0.3, 0.4) is 0 Å². The number of pyridine rings is 1. The molecule has 2 aliphatic rings. The van der Waals surface area contributed by atoms with Gasteiger partial charge in [0.05, 0.1) is 31.1 Å². The Balaban J connectivity index is 1.43. The number of anilines is 2. The van der Waals surface area contributed by atoms with Crippen LogP contribution in [0, 0.1) is 6.54 Å². The molecule has 0 spiro atoms. The van der Waals surface area contributed by atoms with Gasteiger partial charge in [-0.3, -0.25) is 4.98 Å². The van der Waals surface area contributed by atoms with Crippen molar-refractivity contribution in [3.05, 3.63) is 84.7 Å². The second-order valence-corrected chi connectivity index (χ2v) is 8.07. The van der Waals surface area contributed by atoms with Crippen molar-refractivity contribution in [3.8, 4) is 5.75 Å². The smallest absolute Gasteiger partial charge is 0.416 e. The number of aliphatic imine (C=N–C) groups is 1. The number of halogens is 3. The number of ether oxygens (including phenoxy) is 1. The summed E-state index contributed by atoms with van der Waals surface area (Å²) < 4.78 is 45.5. The summed E-state index contributed by atoms with van der Waals surface area (Å²) >= 11 is 0. The Kier molecular flexibility index (Phi) is 5.77. The van der Waals surface area contributed by atoms with Crippen molar-refractivity contribution in [1.29, 1.82) is 0 Å². The standard InChI is InChI=1S/C25H23F3N5O/c1-34-22-7-3-5-20(15-22)31-10-12-32(13-11-31)24-30-23-16-29-9-8-18(23)17-33(24)21-6-2-4-19(14-21)25(26,27)28/h2-9,14-17H,10-13H2,1H3. The number of hydrogen-bond donors (Lipinski definition) is 0. The second-order valence-electron chi connectivity index (χ2n) is 8.07. The lowest BCUT2D eigenvalue weighted by Gasteiger charge is -2.42. The lowest BCUT2D eigenvalue weighted by molar-refractivity contribution is -0.137. The van der Waals surface area contributed by atoms with Gasteiger partial charge in [0.1, 0.15) is 5.75 Å². The molecule has 6 nitrogen and oxygen atoms in total. The molecule has 0 saturated carbocycles. The number of rotatable bonds is 3. The maximum atomic E-state index is 13.4. The summed E-state index contributed by atoms with van der Waals surface area (Å²) in [5.41, 5.74) is 2.27. The molecular formula is C25H23F3N5O. The van der Waals surface area contributed by atoms with E-state index in [-0.39, 0.29) is 0 Å². The third kappa shape index (κ3) is 4.37. The van der Waals surface area contributed by atoms with Crippen LogP contribution in [-0.2, 0) is 6.18 Å².